The molecular formula is C35H29ClN4O2. The zero-order valence-corrected chi connectivity index (χ0v) is 23.8. The highest BCUT2D eigenvalue weighted by Gasteiger charge is 2.42. The Balaban J connectivity index is 1.52. The van der Waals surface area contributed by atoms with E-state index in [4.69, 9.17) is 16.4 Å². The largest absolute Gasteiger partial charge is 0.352 e. The summed E-state index contributed by atoms with van der Waals surface area (Å²) < 4.78 is 0. The van der Waals surface area contributed by atoms with Gasteiger partial charge in [0.05, 0.1) is 5.54 Å². The average molecular weight is 573 g/mol. The summed E-state index contributed by atoms with van der Waals surface area (Å²) in [5.41, 5.74) is 5.01. The number of hydrogen-bond donors (Lipinski definition) is 1. The van der Waals surface area contributed by atoms with Crippen LogP contribution in [0.2, 0.25) is 5.02 Å². The van der Waals surface area contributed by atoms with Crippen molar-refractivity contribution in [2.75, 3.05) is 0 Å². The zero-order valence-electron chi connectivity index (χ0n) is 23.0. The first-order chi connectivity index (χ1) is 20.5. The van der Waals surface area contributed by atoms with E-state index >= 15 is 0 Å². The third-order valence-corrected chi connectivity index (χ3v) is 7.75. The van der Waals surface area contributed by atoms with Crippen LogP contribution in [0.15, 0.2) is 133 Å². The van der Waals surface area contributed by atoms with Crippen LogP contribution in [0.25, 0.3) is 11.0 Å². The molecule has 6 rings (SSSR count). The lowest BCUT2D eigenvalue weighted by atomic mass is 9.76. The Hall–Kier alpha value is -4.78. The van der Waals surface area contributed by atoms with Crippen LogP contribution in [0.5, 0.6) is 0 Å². The zero-order chi connectivity index (χ0) is 28.9. The second-order valence-electron chi connectivity index (χ2n) is 10.2. The molecule has 0 spiro atoms. The number of benzene rings is 5. The fourth-order valence-electron chi connectivity index (χ4n) is 5.35. The van der Waals surface area contributed by atoms with E-state index < -0.39 is 17.6 Å². The number of carbonyl (C=O) groups excluding carboxylic acids is 1. The van der Waals surface area contributed by atoms with Gasteiger partial charge in [-0.15, -0.1) is 5.10 Å². The van der Waals surface area contributed by atoms with Gasteiger partial charge in [0.25, 0.3) is 0 Å². The maximum atomic E-state index is 14.2. The predicted octanol–water partition coefficient (Wildman–Crippen LogP) is 6.54. The standard InChI is InChI=1S/C35H29ClN4O2/c1-25-20-22-28(23-21-25)35(27-14-6-3-7-15-27,29-16-8-9-17-30(29)36)37-32(24-26-12-4-2-5-13-26)34(41)42-40-33-19-11-10-18-31(33)38-39-40/h2-23,32,37H,24H2,1H3/t32-,35?/m0/s1. The van der Waals surface area contributed by atoms with Crippen molar-refractivity contribution < 1.29 is 9.63 Å². The lowest BCUT2D eigenvalue weighted by Gasteiger charge is -2.40. The molecule has 0 aliphatic heterocycles. The van der Waals surface area contributed by atoms with Crippen LogP contribution in [-0.2, 0) is 16.8 Å². The van der Waals surface area contributed by atoms with Crippen LogP contribution in [0, 0.1) is 6.92 Å². The Labute approximate surface area is 249 Å². The van der Waals surface area contributed by atoms with Gasteiger partial charge in [0.2, 0.25) is 0 Å². The number of aromatic nitrogens is 3. The number of hydrogen-bond acceptors (Lipinski definition) is 5. The summed E-state index contributed by atoms with van der Waals surface area (Å²) >= 11 is 6.96. The van der Waals surface area contributed by atoms with E-state index in [2.05, 4.69) is 46.8 Å². The molecule has 0 saturated heterocycles. The van der Waals surface area contributed by atoms with Crippen LogP contribution >= 0.6 is 11.6 Å². The molecule has 42 heavy (non-hydrogen) atoms. The fraction of sp³-hybridized carbons (Fsp3) is 0.114. The Kier molecular flexibility index (Phi) is 7.82. The number of halogens is 1. The van der Waals surface area contributed by atoms with Crippen molar-refractivity contribution in [1.29, 1.82) is 0 Å². The molecule has 5 aromatic carbocycles. The monoisotopic (exact) mass is 572 g/mol. The molecule has 0 aliphatic rings. The second kappa shape index (κ2) is 12.0. The van der Waals surface area contributed by atoms with Crippen molar-refractivity contribution in [3.05, 3.63) is 166 Å². The van der Waals surface area contributed by atoms with Gasteiger partial charge in [0, 0.05) is 5.02 Å². The molecule has 1 N–H and O–H groups in total. The molecule has 1 heterocycles. The van der Waals surface area contributed by atoms with Gasteiger partial charge in [0.15, 0.2) is 0 Å². The molecule has 0 aliphatic carbocycles. The molecule has 1 unspecified atom stereocenters. The molecule has 0 radical (unpaired) electrons. The van der Waals surface area contributed by atoms with Gasteiger partial charge in [-0.05, 0) is 59.0 Å². The van der Waals surface area contributed by atoms with Crippen LogP contribution < -0.4 is 10.2 Å². The number of rotatable bonds is 9. The van der Waals surface area contributed by atoms with E-state index in [9.17, 15) is 4.79 Å². The van der Waals surface area contributed by atoms with Gasteiger partial charge in [-0.1, -0.05) is 137 Å². The number of carbonyl (C=O) groups is 1. The number of fused-ring (bicyclic) bond motifs is 1. The summed E-state index contributed by atoms with van der Waals surface area (Å²) in [6.07, 6.45) is 0.358. The lowest BCUT2D eigenvalue weighted by molar-refractivity contribution is -0.148. The second-order valence-corrected chi connectivity index (χ2v) is 10.6. The van der Waals surface area contributed by atoms with Crippen molar-refractivity contribution in [3.8, 4) is 0 Å². The summed E-state index contributed by atoms with van der Waals surface area (Å²) in [7, 11) is 0. The minimum Gasteiger partial charge on any atom is -0.315 e. The molecule has 7 heteroatoms. The number of aryl methyl sites for hydroxylation is 1. The first-order valence-electron chi connectivity index (χ1n) is 13.8. The fourth-order valence-corrected chi connectivity index (χ4v) is 5.62. The Morgan fingerprint density at radius 1 is 0.810 bits per heavy atom. The van der Waals surface area contributed by atoms with E-state index in [0.29, 0.717) is 22.5 Å². The predicted molar refractivity (Wildman–Crippen MR) is 165 cm³/mol. The highest BCUT2D eigenvalue weighted by Crippen LogP contribution is 2.41. The van der Waals surface area contributed by atoms with Crippen molar-refractivity contribution in [1.82, 2.24) is 20.5 Å². The van der Waals surface area contributed by atoms with E-state index in [1.807, 2.05) is 109 Å². The van der Waals surface area contributed by atoms with Crippen LogP contribution in [0.1, 0.15) is 27.8 Å². The van der Waals surface area contributed by atoms with Crippen LogP contribution in [0.3, 0.4) is 0 Å². The highest BCUT2D eigenvalue weighted by molar-refractivity contribution is 6.31. The number of nitrogens with zero attached hydrogens (tertiary/aromatic N) is 3. The van der Waals surface area contributed by atoms with Crippen molar-refractivity contribution in [2.24, 2.45) is 0 Å². The highest BCUT2D eigenvalue weighted by atomic mass is 35.5. The first-order valence-corrected chi connectivity index (χ1v) is 14.1. The molecule has 0 saturated carbocycles. The molecular weight excluding hydrogens is 544 g/mol. The molecule has 6 nitrogen and oxygen atoms in total. The summed E-state index contributed by atoms with van der Waals surface area (Å²) in [5, 5.41) is 12.6. The van der Waals surface area contributed by atoms with E-state index in [1.54, 1.807) is 0 Å². The summed E-state index contributed by atoms with van der Waals surface area (Å²) in [6, 6.07) is 42.5. The van der Waals surface area contributed by atoms with Crippen molar-refractivity contribution in [2.45, 2.75) is 24.9 Å². The van der Waals surface area contributed by atoms with Gasteiger partial charge in [-0.3, -0.25) is 5.32 Å². The quantitative estimate of drug-likeness (QED) is 0.157. The molecule has 1 aromatic heterocycles. The molecule has 0 fully saturated rings. The average Bonchev–Trinajstić information content (AvgIpc) is 3.44. The van der Waals surface area contributed by atoms with Crippen LogP contribution in [-0.4, -0.2) is 27.2 Å². The number of nitrogens with one attached hydrogen (secondary N) is 1. The smallest absolute Gasteiger partial charge is 0.315 e. The summed E-state index contributed by atoms with van der Waals surface area (Å²) in [5.74, 6) is -0.506. The van der Waals surface area contributed by atoms with Gasteiger partial charge in [0.1, 0.15) is 17.1 Å². The van der Waals surface area contributed by atoms with Gasteiger partial charge >= 0.3 is 5.97 Å². The lowest BCUT2D eigenvalue weighted by Crippen LogP contribution is -2.55. The third-order valence-electron chi connectivity index (χ3n) is 7.43. The van der Waals surface area contributed by atoms with Crippen molar-refractivity contribution >= 4 is 28.6 Å². The van der Waals surface area contributed by atoms with Gasteiger partial charge in [-0.25, -0.2) is 4.79 Å². The van der Waals surface area contributed by atoms with Crippen molar-refractivity contribution in [3.63, 3.8) is 0 Å². The van der Waals surface area contributed by atoms with Crippen LogP contribution in [0.4, 0.5) is 0 Å². The van der Waals surface area contributed by atoms with E-state index in [-0.39, 0.29) is 0 Å². The molecule has 208 valence electrons. The summed E-state index contributed by atoms with van der Waals surface area (Å²) in [4.78, 5) is 21.3. The minimum atomic E-state index is -1.00. The van der Waals surface area contributed by atoms with Gasteiger partial charge < -0.3 is 4.84 Å². The molecule has 0 amide bonds. The normalized spacial score (nSPS) is 13.4. The third kappa shape index (κ3) is 5.42. The molecule has 6 aromatic rings. The first kappa shape index (κ1) is 27.4. The van der Waals surface area contributed by atoms with E-state index in [1.165, 1.54) is 4.85 Å². The Morgan fingerprint density at radius 3 is 2.17 bits per heavy atom. The maximum absolute atomic E-state index is 14.2. The Morgan fingerprint density at radius 2 is 1.43 bits per heavy atom. The van der Waals surface area contributed by atoms with Gasteiger partial charge in [-0.2, -0.15) is 0 Å². The van der Waals surface area contributed by atoms with E-state index in [0.717, 1.165) is 27.8 Å². The molecule has 2 atom stereocenters. The molecule has 0 bridgehead atoms. The maximum Gasteiger partial charge on any atom is 0.352 e. The SMILES string of the molecule is Cc1ccc(C(N[C@@H](Cc2ccccc2)C(=O)On2nnc3ccccc32)(c2ccccc2)c2ccccc2Cl)cc1. The summed E-state index contributed by atoms with van der Waals surface area (Å²) in [6.45, 7) is 2.05. The topological polar surface area (TPSA) is 69.0 Å². The number of para-hydroxylation sites is 1. The minimum absolute atomic E-state index is 0.358. The Bertz CT molecular complexity index is 1810.